The summed E-state index contributed by atoms with van der Waals surface area (Å²) in [4.78, 5) is 12.3. The average Bonchev–Trinajstić information content (AvgIpc) is 2.35. The highest BCUT2D eigenvalue weighted by molar-refractivity contribution is 5.99. The molecule has 1 amide bonds. The van der Waals surface area contributed by atoms with E-state index in [1.54, 1.807) is 0 Å². The topological polar surface area (TPSA) is 78.9 Å². The SMILES string of the molecule is CN(C(=O)CC(F)(F)F)c1cccc(C(N)=NO)c1. The Morgan fingerprint density at radius 2 is 2.11 bits per heavy atom. The van der Waals surface area contributed by atoms with Gasteiger partial charge in [-0.25, -0.2) is 0 Å². The van der Waals surface area contributed by atoms with E-state index < -0.39 is 18.5 Å². The molecule has 1 aromatic carbocycles. The summed E-state index contributed by atoms with van der Waals surface area (Å²) in [6.07, 6.45) is -6.11. The van der Waals surface area contributed by atoms with Crippen molar-refractivity contribution in [3.05, 3.63) is 29.8 Å². The van der Waals surface area contributed by atoms with Gasteiger partial charge in [-0.2, -0.15) is 13.2 Å². The summed E-state index contributed by atoms with van der Waals surface area (Å²) in [5, 5.41) is 11.3. The lowest BCUT2D eigenvalue weighted by Crippen LogP contribution is -2.30. The first kappa shape index (κ1) is 14.8. The fraction of sp³-hybridized carbons (Fsp3) is 0.273. The molecule has 0 atom stereocenters. The lowest BCUT2D eigenvalue weighted by atomic mass is 10.1. The van der Waals surface area contributed by atoms with Crippen LogP contribution in [0.1, 0.15) is 12.0 Å². The normalized spacial score (nSPS) is 12.3. The molecule has 0 aromatic heterocycles. The summed E-state index contributed by atoms with van der Waals surface area (Å²) >= 11 is 0. The summed E-state index contributed by atoms with van der Waals surface area (Å²) in [5.74, 6) is -1.29. The molecule has 0 radical (unpaired) electrons. The minimum absolute atomic E-state index is 0.196. The number of alkyl halides is 3. The van der Waals surface area contributed by atoms with Crippen molar-refractivity contribution in [2.45, 2.75) is 12.6 Å². The van der Waals surface area contributed by atoms with Gasteiger partial charge in [0.25, 0.3) is 0 Å². The zero-order chi connectivity index (χ0) is 14.6. The van der Waals surface area contributed by atoms with E-state index in [0.717, 1.165) is 4.90 Å². The van der Waals surface area contributed by atoms with Crippen LogP contribution in [0.2, 0.25) is 0 Å². The maximum atomic E-state index is 12.1. The second-order valence-corrected chi connectivity index (χ2v) is 3.78. The van der Waals surface area contributed by atoms with Crippen LogP contribution in [-0.4, -0.2) is 30.2 Å². The molecule has 0 fully saturated rings. The number of benzene rings is 1. The fourth-order valence-corrected chi connectivity index (χ4v) is 1.37. The molecule has 0 heterocycles. The van der Waals surface area contributed by atoms with Crippen molar-refractivity contribution in [2.24, 2.45) is 10.9 Å². The summed E-state index contributed by atoms with van der Waals surface area (Å²) in [6, 6.07) is 5.78. The largest absolute Gasteiger partial charge is 0.409 e. The Kier molecular flexibility index (Phi) is 4.36. The fourth-order valence-electron chi connectivity index (χ4n) is 1.37. The lowest BCUT2D eigenvalue weighted by Gasteiger charge is -2.18. The van der Waals surface area contributed by atoms with E-state index in [1.165, 1.54) is 31.3 Å². The van der Waals surface area contributed by atoms with E-state index in [4.69, 9.17) is 10.9 Å². The molecule has 0 bridgehead atoms. The molecule has 0 aliphatic carbocycles. The minimum atomic E-state index is -4.56. The number of rotatable bonds is 3. The highest BCUT2D eigenvalue weighted by atomic mass is 19.4. The number of oxime groups is 1. The molecule has 5 nitrogen and oxygen atoms in total. The molecule has 0 aliphatic heterocycles. The van der Waals surface area contributed by atoms with Crippen LogP contribution in [0.3, 0.4) is 0 Å². The number of carbonyl (C=O) groups is 1. The van der Waals surface area contributed by atoms with Crippen LogP contribution in [0.25, 0.3) is 0 Å². The monoisotopic (exact) mass is 275 g/mol. The molecule has 0 unspecified atom stereocenters. The second kappa shape index (κ2) is 5.59. The third-order valence-electron chi connectivity index (χ3n) is 2.36. The molecule has 0 aliphatic rings. The zero-order valence-electron chi connectivity index (χ0n) is 9.98. The molecule has 8 heteroatoms. The maximum absolute atomic E-state index is 12.1. The van der Waals surface area contributed by atoms with Crippen molar-refractivity contribution in [1.29, 1.82) is 0 Å². The maximum Gasteiger partial charge on any atom is 0.397 e. The van der Waals surface area contributed by atoms with Gasteiger partial charge in [-0.3, -0.25) is 4.79 Å². The number of carbonyl (C=O) groups excluding carboxylic acids is 1. The van der Waals surface area contributed by atoms with Crippen molar-refractivity contribution in [3.63, 3.8) is 0 Å². The van der Waals surface area contributed by atoms with Gasteiger partial charge in [-0.1, -0.05) is 17.3 Å². The van der Waals surface area contributed by atoms with Crippen molar-refractivity contribution >= 4 is 17.4 Å². The molecule has 0 saturated carbocycles. The second-order valence-electron chi connectivity index (χ2n) is 3.78. The number of nitrogens with two attached hydrogens (primary N) is 1. The first-order chi connectivity index (χ1) is 8.74. The molecule has 104 valence electrons. The van der Waals surface area contributed by atoms with Crippen LogP contribution in [0, 0.1) is 0 Å². The smallest absolute Gasteiger partial charge is 0.397 e. The van der Waals surface area contributed by atoms with Gasteiger partial charge in [0.1, 0.15) is 6.42 Å². The number of nitrogens with zero attached hydrogens (tertiary/aromatic N) is 2. The number of anilines is 1. The Bertz CT molecular complexity index is 500. The molecule has 3 N–H and O–H groups in total. The van der Waals surface area contributed by atoms with Gasteiger partial charge in [0.05, 0.1) is 0 Å². The number of amidine groups is 1. The average molecular weight is 275 g/mol. The van der Waals surface area contributed by atoms with Crippen molar-refractivity contribution < 1.29 is 23.2 Å². The summed E-state index contributed by atoms with van der Waals surface area (Å²) in [7, 11) is 1.22. The molecule has 19 heavy (non-hydrogen) atoms. The van der Waals surface area contributed by atoms with E-state index in [1.807, 2.05) is 0 Å². The van der Waals surface area contributed by atoms with Gasteiger partial charge in [-0.05, 0) is 12.1 Å². The van der Waals surface area contributed by atoms with E-state index in [0.29, 0.717) is 5.56 Å². The highest BCUT2D eigenvalue weighted by Gasteiger charge is 2.33. The van der Waals surface area contributed by atoms with Gasteiger partial charge in [0.2, 0.25) is 5.91 Å². The molecular formula is C11H12F3N3O2. The number of amides is 1. The predicted molar refractivity (Wildman–Crippen MR) is 63.0 cm³/mol. The number of hydrogen-bond acceptors (Lipinski definition) is 3. The minimum Gasteiger partial charge on any atom is -0.409 e. The highest BCUT2D eigenvalue weighted by Crippen LogP contribution is 2.23. The summed E-state index contributed by atoms with van der Waals surface area (Å²) in [6.45, 7) is 0. The van der Waals surface area contributed by atoms with E-state index in [9.17, 15) is 18.0 Å². The molecule has 1 rings (SSSR count). The van der Waals surface area contributed by atoms with Gasteiger partial charge in [-0.15, -0.1) is 0 Å². The lowest BCUT2D eigenvalue weighted by molar-refractivity contribution is -0.151. The third-order valence-corrected chi connectivity index (χ3v) is 2.36. The Hall–Kier alpha value is -2.25. The van der Waals surface area contributed by atoms with Crippen LogP contribution in [-0.2, 0) is 4.79 Å². The Morgan fingerprint density at radius 1 is 1.47 bits per heavy atom. The van der Waals surface area contributed by atoms with Crippen molar-refractivity contribution in [2.75, 3.05) is 11.9 Å². The summed E-state index contributed by atoms with van der Waals surface area (Å²) in [5.41, 5.74) is 5.88. The zero-order valence-corrected chi connectivity index (χ0v) is 9.98. The molecule has 1 aromatic rings. The Balaban J connectivity index is 2.94. The first-order valence-corrected chi connectivity index (χ1v) is 5.16. The van der Waals surface area contributed by atoms with Crippen molar-refractivity contribution in [1.82, 2.24) is 0 Å². The molecule has 0 spiro atoms. The van der Waals surface area contributed by atoms with Gasteiger partial charge < -0.3 is 15.8 Å². The number of hydrogen-bond donors (Lipinski definition) is 2. The van der Waals surface area contributed by atoms with E-state index >= 15 is 0 Å². The first-order valence-electron chi connectivity index (χ1n) is 5.16. The van der Waals surface area contributed by atoms with E-state index in [2.05, 4.69) is 5.16 Å². The van der Waals surface area contributed by atoms with Crippen LogP contribution < -0.4 is 10.6 Å². The van der Waals surface area contributed by atoms with Gasteiger partial charge >= 0.3 is 6.18 Å². The van der Waals surface area contributed by atoms with E-state index in [-0.39, 0.29) is 11.5 Å². The quantitative estimate of drug-likeness (QED) is 0.381. The van der Waals surface area contributed by atoms with Crippen LogP contribution in [0.4, 0.5) is 18.9 Å². The standard InChI is InChI=1S/C11H12F3N3O2/c1-17(9(18)6-11(12,13)14)8-4-2-3-7(5-8)10(15)16-19/h2-5,19H,6H2,1H3,(H2,15,16). The Morgan fingerprint density at radius 3 is 2.63 bits per heavy atom. The third kappa shape index (κ3) is 4.16. The molecule has 0 saturated heterocycles. The van der Waals surface area contributed by atoms with Gasteiger partial charge in [0, 0.05) is 18.3 Å². The van der Waals surface area contributed by atoms with Gasteiger partial charge in [0.15, 0.2) is 5.84 Å². The van der Waals surface area contributed by atoms with Crippen molar-refractivity contribution in [3.8, 4) is 0 Å². The van der Waals surface area contributed by atoms with Crippen LogP contribution >= 0.6 is 0 Å². The van der Waals surface area contributed by atoms with Crippen LogP contribution in [0.15, 0.2) is 29.4 Å². The number of halogens is 3. The molecular weight excluding hydrogens is 263 g/mol. The summed E-state index contributed by atoms with van der Waals surface area (Å²) < 4.78 is 36.4. The Labute approximate surface area is 107 Å². The van der Waals surface area contributed by atoms with Crippen LogP contribution in [0.5, 0.6) is 0 Å². The predicted octanol–water partition coefficient (Wildman–Crippen LogP) is 1.70.